The lowest BCUT2D eigenvalue weighted by Gasteiger charge is -2.26. The molecule has 0 saturated carbocycles. The lowest BCUT2D eigenvalue weighted by molar-refractivity contribution is 0.0118. The van der Waals surface area contributed by atoms with Crippen molar-refractivity contribution >= 4 is 29.0 Å². The lowest BCUT2D eigenvalue weighted by Crippen LogP contribution is -2.47. The Balaban J connectivity index is 2.04. The van der Waals surface area contributed by atoms with Crippen LogP contribution in [-0.2, 0) is 0 Å². The summed E-state index contributed by atoms with van der Waals surface area (Å²) < 4.78 is 28.1. The molecule has 192 valence electrons. The Hall–Kier alpha value is -2.66. The van der Waals surface area contributed by atoms with E-state index in [0.717, 1.165) is 21.8 Å². The Labute approximate surface area is 208 Å². The number of nitrogens with one attached hydrogen (secondary N) is 2. The summed E-state index contributed by atoms with van der Waals surface area (Å²) in [6.45, 7) is 11.5. The van der Waals surface area contributed by atoms with Gasteiger partial charge in [-0.25, -0.2) is 18.7 Å². The van der Waals surface area contributed by atoms with Gasteiger partial charge in [0.05, 0.1) is 23.1 Å². The first-order chi connectivity index (χ1) is 16.1. The van der Waals surface area contributed by atoms with Crippen LogP contribution in [0.25, 0.3) is 10.4 Å². The van der Waals surface area contributed by atoms with Crippen LogP contribution in [0.5, 0.6) is 0 Å². The second-order valence-corrected chi connectivity index (χ2v) is 11.1. The predicted molar refractivity (Wildman–Crippen MR) is 132 cm³/mol. The molecule has 3 N–H and O–H groups in total. The fourth-order valence-electron chi connectivity index (χ4n) is 3.77. The van der Waals surface area contributed by atoms with E-state index in [2.05, 4.69) is 20.6 Å². The number of rotatable bonds is 7. The number of thiazole rings is 1. The highest BCUT2D eigenvalue weighted by atomic mass is 32.1. The quantitative estimate of drug-likeness (QED) is 0.519. The third kappa shape index (κ3) is 6.13. The Morgan fingerprint density at radius 2 is 1.97 bits per heavy atom. The van der Waals surface area contributed by atoms with Crippen LogP contribution < -0.4 is 10.6 Å². The summed E-state index contributed by atoms with van der Waals surface area (Å²) in [4.78, 5) is 36.6. The van der Waals surface area contributed by atoms with Crippen LogP contribution in [0.3, 0.4) is 0 Å². The number of hydrogen-bond acceptors (Lipinski definition) is 7. The minimum atomic E-state index is -2.98. The number of carbonyl (C=O) groups is 2. The van der Waals surface area contributed by atoms with Crippen LogP contribution in [0, 0.1) is 6.92 Å². The molecular weight excluding hydrogens is 476 g/mol. The Morgan fingerprint density at radius 1 is 1.31 bits per heavy atom. The molecule has 35 heavy (non-hydrogen) atoms. The number of alkyl halides is 2. The van der Waals surface area contributed by atoms with E-state index in [4.69, 9.17) is 0 Å². The maximum atomic E-state index is 14.0. The van der Waals surface area contributed by atoms with Crippen LogP contribution >= 0.6 is 11.3 Å². The first kappa shape index (κ1) is 26.9. The van der Waals surface area contributed by atoms with Crippen LogP contribution in [0.1, 0.15) is 73.8 Å². The van der Waals surface area contributed by atoms with Gasteiger partial charge in [-0.15, -0.1) is 11.3 Å². The van der Waals surface area contributed by atoms with Crippen molar-refractivity contribution in [3.05, 3.63) is 28.5 Å². The standard InChI is InChI=1S/C24H33F2N5O3S/c1-12(2)28-17-8-13(3)16(10-27-17)19-18(22(33)31-11-24(25,26)9-14(31)4)30-21(35-19)20(32)29-15(5)23(6,7)34/h8,10,12,14-15,34H,9,11H2,1-7H3,(H,27,28)(H,29,32)/t14-,15+/m0/s1. The minimum Gasteiger partial charge on any atom is -0.388 e. The molecule has 1 saturated heterocycles. The fraction of sp³-hybridized carbons (Fsp3) is 0.583. The number of aryl methyl sites for hydroxylation is 1. The summed E-state index contributed by atoms with van der Waals surface area (Å²) in [5.41, 5.74) is 0.144. The van der Waals surface area contributed by atoms with Gasteiger partial charge in [0.1, 0.15) is 11.5 Å². The fourth-order valence-corrected chi connectivity index (χ4v) is 4.80. The SMILES string of the molecule is Cc1cc(NC(C)C)ncc1-c1sc(C(=O)N[C@H](C)C(C)(C)O)nc1C(=O)N1CC(F)(F)C[C@@H]1C. The van der Waals surface area contributed by atoms with Crippen LogP contribution in [-0.4, -0.2) is 68.0 Å². The summed E-state index contributed by atoms with van der Waals surface area (Å²) in [5.74, 6) is -3.54. The number of aliphatic hydroxyl groups is 1. The summed E-state index contributed by atoms with van der Waals surface area (Å²) in [7, 11) is 0. The van der Waals surface area contributed by atoms with Crippen molar-refractivity contribution in [2.24, 2.45) is 0 Å². The molecule has 8 nitrogen and oxygen atoms in total. The van der Waals surface area contributed by atoms with Gasteiger partial charge < -0.3 is 20.6 Å². The van der Waals surface area contributed by atoms with Gasteiger partial charge in [0.15, 0.2) is 5.01 Å². The van der Waals surface area contributed by atoms with Gasteiger partial charge in [0.25, 0.3) is 17.7 Å². The first-order valence-electron chi connectivity index (χ1n) is 11.6. The minimum absolute atomic E-state index is 0.00171. The highest BCUT2D eigenvalue weighted by Crippen LogP contribution is 2.37. The van der Waals surface area contributed by atoms with Crippen LogP contribution in [0.2, 0.25) is 0 Å². The van der Waals surface area contributed by atoms with E-state index in [0.29, 0.717) is 16.3 Å². The van der Waals surface area contributed by atoms with Crippen molar-refractivity contribution in [2.45, 2.75) is 84.5 Å². The third-order valence-corrected chi connectivity index (χ3v) is 7.10. The largest absolute Gasteiger partial charge is 0.388 e. The average Bonchev–Trinajstić information content (AvgIpc) is 3.26. The molecular formula is C24H33F2N5O3S. The number of pyridine rings is 1. The van der Waals surface area contributed by atoms with Gasteiger partial charge >= 0.3 is 0 Å². The summed E-state index contributed by atoms with van der Waals surface area (Å²) in [6, 6.07) is 0.728. The third-order valence-electron chi connectivity index (χ3n) is 6.01. The maximum Gasteiger partial charge on any atom is 0.280 e. The zero-order valence-electron chi connectivity index (χ0n) is 21.1. The van der Waals surface area contributed by atoms with Gasteiger partial charge in [-0.05, 0) is 60.1 Å². The number of aromatic nitrogens is 2. The average molecular weight is 510 g/mol. The molecule has 3 heterocycles. The highest BCUT2D eigenvalue weighted by Gasteiger charge is 2.46. The Morgan fingerprint density at radius 3 is 2.49 bits per heavy atom. The molecule has 1 aliphatic heterocycles. The first-order valence-corrected chi connectivity index (χ1v) is 12.4. The summed E-state index contributed by atoms with van der Waals surface area (Å²) >= 11 is 0.995. The van der Waals surface area contributed by atoms with Crippen molar-refractivity contribution in [1.82, 2.24) is 20.2 Å². The van der Waals surface area contributed by atoms with E-state index < -0.39 is 48.4 Å². The van der Waals surface area contributed by atoms with Crippen LogP contribution in [0.15, 0.2) is 12.3 Å². The normalized spacial score (nSPS) is 18.6. The van der Waals surface area contributed by atoms with Crippen LogP contribution in [0.4, 0.5) is 14.6 Å². The molecule has 11 heteroatoms. The molecule has 0 aliphatic carbocycles. The van der Waals surface area contributed by atoms with Crippen molar-refractivity contribution in [3.8, 4) is 10.4 Å². The second kappa shape index (κ2) is 9.77. The van der Waals surface area contributed by atoms with Gasteiger partial charge in [0.2, 0.25) is 0 Å². The number of nitrogens with zero attached hydrogens (tertiary/aromatic N) is 3. The molecule has 3 rings (SSSR count). The molecule has 0 spiro atoms. The lowest BCUT2D eigenvalue weighted by atomic mass is 10.0. The molecule has 2 atom stereocenters. The molecule has 1 aliphatic rings. The molecule has 2 aromatic rings. The Bertz CT molecular complexity index is 1110. The number of anilines is 1. The monoisotopic (exact) mass is 509 g/mol. The molecule has 0 bridgehead atoms. The summed E-state index contributed by atoms with van der Waals surface area (Å²) in [5, 5.41) is 16.1. The van der Waals surface area contributed by atoms with Crippen molar-refractivity contribution in [1.29, 1.82) is 0 Å². The van der Waals surface area contributed by atoms with E-state index in [1.54, 1.807) is 33.9 Å². The maximum absolute atomic E-state index is 14.0. The van der Waals surface area contributed by atoms with Gasteiger partial charge in [-0.3, -0.25) is 9.59 Å². The number of carbonyl (C=O) groups excluding carboxylic acids is 2. The van der Waals surface area contributed by atoms with Crippen molar-refractivity contribution in [3.63, 3.8) is 0 Å². The molecule has 0 unspecified atom stereocenters. The predicted octanol–water partition coefficient (Wildman–Crippen LogP) is 4.09. The number of halogens is 2. The van der Waals surface area contributed by atoms with E-state index in [1.807, 2.05) is 26.8 Å². The smallest absolute Gasteiger partial charge is 0.280 e. The van der Waals surface area contributed by atoms with Crippen molar-refractivity contribution in [2.75, 3.05) is 11.9 Å². The molecule has 0 radical (unpaired) electrons. The second-order valence-electron chi connectivity index (χ2n) is 10.1. The number of amides is 2. The van der Waals surface area contributed by atoms with E-state index in [-0.39, 0.29) is 16.7 Å². The van der Waals surface area contributed by atoms with E-state index in [9.17, 15) is 23.5 Å². The summed E-state index contributed by atoms with van der Waals surface area (Å²) in [6.07, 6.45) is 1.16. The van der Waals surface area contributed by atoms with Crippen molar-refractivity contribution < 1.29 is 23.5 Å². The molecule has 2 aromatic heterocycles. The van der Waals surface area contributed by atoms with E-state index >= 15 is 0 Å². The zero-order valence-corrected chi connectivity index (χ0v) is 21.9. The number of likely N-dealkylation sites (tertiary alicyclic amines) is 1. The molecule has 2 amide bonds. The van der Waals surface area contributed by atoms with Gasteiger partial charge in [0, 0.05) is 30.3 Å². The van der Waals surface area contributed by atoms with E-state index in [1.165, 1.54) is 0 Å². The molecule has 1 fully saturated rings. The Kier molecular flexibility index (Phi) is 7.52. The molecule has 0 aromatic carbocycles. The van der Waals surface area contributed by atoms with Gasteiger partial charge in [-0.1, -0.05) is 0 Å². The highest BCUT2D eigenvalue weighted by molar-refractivity contribution is 7.17. The zero-order chi connectivity index (χ0) is 26.3. The van der Waals surface area contributed by atoms with Gasteiger partial charge in [-0.2, -0.15) is 0 Å². The topological polar surface area (TPSA) is 107 Å². The number of hydrogen-bond donors (Lipinski definition) is 3.